The summed E-state index contributed by atoms with van der Waals surface area (Å²) in [6.45, 7) is 0. The maximum absolute atomic E-state index is 13.6. The van der Waals surface area contributed by atoms with Crippen LogP contribution in [0.25, 0.3) is 44.4 Å². The Balaban J connectivity index is 1.77. The molecule has 0 atom stereocenters. The van der Waals surface area contributed by atoms with Crippen LogP contribution in [0.4, 0.5) is 8.78 Å². The van der Waals surface area contributed by atoms with Gasteiger partial charge in [-0.3, -0.25) is 4.79 Å². The number of hydrogen-bond donors (Lipinski definition) is 1. The Morgan fingerprint density at radius 1 is 0.667 bits per heavy atom. The summed E-state index contributed by atoms with van der Waals surface area (Å²) in [7, 11) is 1.60. The Hall–Kier alpha value is -4.25. The van der Waals surface area contributed by atoms with Crippen molar-refractivity contribution in [2.24, 2.45) is 0 Å². The molecule has 0 amide bonds. The molecule has 1 heterocycles. The van der Waals surface area contributed by atoms with Crippen LogP contribution in [0.3, 0.4) is 0 Å². The molecule has 0 saturated heterocycles. The maximum Gasteiger partial charge on any atom is 0.190 e. The van der Waals surface area contributed by atoms with Gasteiger partial charge in [-0.2, -0.15) is 0 Å². The van der Waals surface area contributed by atoms with Gasteiger partial charge in [0.25, 0.3) is 0 Å². The molecule has 0 aliphatic heterocycles. The third kappa shape index (κ3) is 4.01. The number of aromatic amines is 1. The van der Waals surface area contributed by atoms with E-state index in [2.05, 4.69) is 4.98 Å². The normalized spacial score (nSPS) is 11.0. The van der Waals surface area contributed by atoms with Crippen LogP contribution in [0, 0.1) is 11.6 Å². The van der Waals surface area contributed by atoms with Gasteiger partial charge in [0, 0.05) is 22.7 Å². The zero-order chi connectivity index (χ0) is 22.9. The third-order valence-electron chi connectivity index (χ3n) is 5.67. The van der Waals surface area contributed by atoms with E-state index in [1.54, 1.807) is 43.5 Å². The zero-order valence-corrected chi connectivity index (χ0v) is 17.7. The van der Waals surface area contributed by atoms with Crippen molar-refractivity contribution >= 4 is 10.9 Å². The molecule has 0 unspecified atom stereocenters. The summed E-state index contributed by atoms with van der Waals surface area (Å²) < 4.78 is 32.3. The van der Waals surface area contributed by atoms with E-state index in [1.165, 1.54) is 24.3 Å². The molecule has 1 N–H and O–H groups in total. The van der Waals surface area contributed by atoms with Gasteiger partial charge in [-0.05, 0) is 82.9 Å². The maximum atomic E-state index is 13.6. The molecule has 3 nitrogen and oxygen atoms in total. The Bertz CT molecular complexity index is 1500. The number of ether oxygens (including phenoxy) is 1. The predicted octanol–water partition coefficient (Wildman–Crippen LogP) is 6.82. The average Bonchev–Trinajstić information content (AvgIpc) is 2.84. The number of rotatable bonds is 4. The summed E-state index contributed by atoms with van der Waals surface area (Å²) in [6.07, 6.45) is 0. The second-order valence-corrected chi connectivity index (χ2v) is 7.74. The number of fused-ring (bicyclic) bond motifs is 1. The van der Waals surface area contributed by atoms with Gasteiger partial charge in [0.2, 0.25) is 0 Å². The largest absolute Gasteiger partial charge is 0.497 e. The van der Waals surface area contributed by atoms with Crippen LogP contribution in [0.1, 0.15) is 0 Å². The van der Waals surface area contributed by atoms with Gasteiger partial charge in [0.1, 0.15) is 17.4 Å². The zero-order valence-electron chi connectivity index (χ0n) is 17.7. The molecule has 5 rings (SSSR count). The fourth-order valence-electron chi connectivity index (χ4n) is 3.94. The van der Waals surface area contributed by atoms with Crippen LogP contribution in [-0.2, 0) is 0 Å². The SMILES string of the molecule is COc1ccc(-c2cc(=O)c3cc(-c4ccc(F)cc4)cc(-c4ccc(F)cc4)c3[nH]2)cc1. The van der Waals surface area contributed by atoms with Crippen LogP contribution in [0.2, 0.25) is 0 Å². The lowest BCUT2D eigenvalue weighted by Crippen LogP contribution is -2.04. The number of nitrogens with one attached hydrogen (secondary N) is 1. The highest BCUT2D eigenvalue weighted by Gasteiger charge is 2.13. The van der Waals surface area contributed by atoms with Gasteiger partial charge in [-0.25, -0.2) is 8.78 Å². The molecule has 5 aromatic rings. The highest BCUT2D eigenvalue weighted by molar-refractivity contribution is 5.98. The molecular formula is C28H19F2NO2. The van der Waals surface area contributed by atoms with Gasteiger partial charge in [-0.1, -0.05) is 24.3 Å². The minimum atomic E-state index is -0.342. The van der Waals surface area contributed by atoms with Crippen molar-refractivity contribution in [1.29, 1.82) is 0 Å². The quantitative estimate of drug-likeness (QED) is 0.334. The Kier molecular flexibility index (Phi) is 5.23. The number of benzene rings is 4. The second kappa shape index (κ2) is 8.36. The van der Waals surface area contributed by atoms with E-state index >= 15 is 0 Å². The summed E-state index contributed by atoms with van der Waals surface area (Å²) in [4.78, 5) is 16.6. The van der Waals surface area contributed by atoms with Crippen molar-refractivity contribution in [3.63, 3.8) is 0 Å². The molecule has 4 aromatic carbocycles. The molecule has 0 aliphatic carbocycles. The van der Waals surface area contributed by atoms with Gasteiger partial charge in [0.15, 0.2) is 5.43 Å². The molecule has 0 bridgehead atoms. The van der Waals surface area contributed by atoms with Crippen LogP contribution in [-0.4, -0.2) is 12.1 Å². The van der Waals surface area contributed by atoms with Gasteiger partial charge >= 0.3 is 0 Å². The predicted molar refractivity (Wildman–Crippen MR) is 127 cm³/mol. The van der Waals surface area contributed by atoms with Crippen molar-refractivity contribution in [3.8, 4) is 39.3 Å². The molecule has 0 fully saturated rings. The molecule has 5 heteroatoms. The molecule has 33 heavy (non-hydrogen) atoms. The van der Waals surface area contributed by atoms with E-state index in [0.29, 0.717) is 16.6 Å². The first-order valence-corrected chi connectivity index (χ1v) is 10.4. The molecule has 0 spiro atoms. The number of methoxy groups -OCH3 is 1. The van der Waals surface area contributed by atoms with E-state index in [9.17, 15) is 13.6 Å². The van der Waals surface area contributed by atoms with E-state index in [1.807, 2.05) is 30.3 Å². The van der Waals surface area contributed by atoms with Crippen LogP contribution >= 0.6 is 0 Å². The summed E-state index contributed by atoms with van der Waals surface area (Å²) >= 11 is 0. The molecule has 162 valence electrons. The minimum absolute atomic E-state index is 0.151. The topological polar surface area (TPSA) is 42.1 Å². The lowest BCUT2D eigenvalue weighted by Gasteiger charge is -2.13. The van der Waals surface area contributed by atoms with E-state index in [4.69, 9.17) is 4.74 Å². The number of aromatic nitrogens is 1. The molecule has 1 aromatic heterocycles. The Morgan fingerprint density at radius 2 is 1.24 bits per heavy atom. The van der Waals surface area contributed by atoms with Crippen LogP contribution in [0.5, 0.6) is 5.75 Å². The lowest BCUT2D eigenvalue weighted by atomic mass is 9.95. The Labute approximate surface area is 188 Å². The summed E-state index contributed by atoms with van der Waals surface area (Å²) in [5, 5.41) is 0.494. The highest BCUT2D eigenvalue weighted by atomic mass is 19.1. The van der Waals surface area contributed by atoms with E-state index < -0.39 is 0 Å². The first kappa shape index (κ1) is 20.6. The van der Waals surface area contributed by atoms with Crippen molar-refractivity contribution in [2.45, 2.75) is 0 Å². The van der Waals surface area contributed by atoms with E-state index in [-0.39, 0.29) is 17.1 Å². The molecule has 0 saturated carbocycles. The first-order valence-electron chi connectivity index (χ1n) is 10.4. The third-order valence-corrected chi connectivity index (χ3v) is 5.67. The average molecular weight is 439 g/mol. The number of H-pyrrole nitrogens is 1. The first-order chi connectivity index (χ1) is 16.0. The summed E-state index contributed by atoms with van der Waals surface area (Å²) in [5.74, 6) is 0.0447. The smallest absolute Gasteiger partial charge is 0.190 e. The lowest BCUT2D eigenvalue weighted by molar-refractivity contribution is 0.415. The van der Waals surface area contributed by atoms with Gasteiger partial charge in [0.05, 0.1) is 12.6 Å². The van der Waals surface area contributed by atoms with Crippen LogP contribution in [0.15, 0.2) is 95.8 Å². The van der Waals surface area contributed by atoms with Crippen molar-refractivity contribution < 1.29 is 13.5 Å². The second-order valence-electron chi connectivity index (χ2n) is 7.74. The standard InChI is InChI=1S/C28H19F2NO2/c1-33-23-12-6-19(7-13-23)26-16-27(32)25-15-20(17-2-8-21(29)9-3-17)14-24(28(25)31-26)18-4-10-22(30)11-5-18/h2-16H,1H3,(H,31,32). The molecular weight excluding hydrogens is 420 g/mol. The van der Waals surface area contributed by atoms with Crippen molar-refractivity contribution in [3.05, 3.63) is 113 Å². The number of hydrogen-bond acceptors (Lipinski definition) is 2. The van der Waals surface area contributed by atoms with Gasteiger partial charge in [-0.15, -0.1) is 0 Å². The number of pyridine rings is 1. The van der Waals surface area contributed by atoms with Crippen LogP contribution < -0.4 is 10.2 Å². The Morgan fingerprint density at radius 3 is 1.85 bits per heavy atom. The fraction of sp³-hybridized carbons (Fsp3) is 0.0357. The minimum Gasteiger partial charge on any atom is -0.497 e. The van der Waals surface area contributed by atoms with Gasteiger partial charge < -0.3 is 9.72 Å². The molecule has 0 radical (unpaired) electrons. The van der Waals surface area contributed by atoms with Crippen molar-refractivity contribution in [1.82, 2.24) is 4.98 Å². The van der Waals surface area contributed by atoms with E-state index in [0.717, 1.165) is 33.6 Å². The fourth-order valence-corrected chi connectivity index (χ4v) is 3.94. The summed E-state index contributed by atoms with van der Waals surface area (Å²) in [5.41, 5.74) is 5.04. The monoisotopic (exact) mass is 439 g/mol. The summed E-state index contributed by atoms with van der Waals surface area (Å²) in [6, 6.07) is 24.9. The van der Waals surface area contributed by atoms with Crippen molar-refractivity contribution in [2.75, 3.05) is 7.11 Å². The molecule has 0 aliphatic rings. The number of halogens is 2. The highest BCUT2D eigenvalue weighted by Crippen LogP contribution is 2.33.